The highest BCUT2D eigenvalue weighted by Crippen LogP contribution is 2.50. The van der Waals surface area contributed by atoms with Crippen LogP contribution in [0.5, 0.6) is 0 Å². The molecule has 3 heteroatoms. The number of allylic oxidation sites excluding steroid dienone is 17. The Kier molecular flexibility index (Phi) is 8.15. The van der Waals surface area contributed by atoms with Gasteiger partial charge in [0.1, 0.15) is 23.7 Å². The molecule has 1 saturated heterocycles. The summed E-state index contributed by atoms with van der Waals surface area (Å²) in [5.74, 6) is 3.54. The van der Waals surface area contributed by atoms with Crippen LogP contribution in [0.25, 0.3) is 11.1 Å². The highest BCUT2D eigenvalue weighted by Gasteiger charge is 2.42. The zero-order valence-corrected chi connectivity index (χ0v) is 31.3. The van der Waals surface area contributed by atoms with E-state index in [1.54, 1.807) is 0 Å². The molecule has 11 rings (SSSR count). The Bertz CT molecular complexity index is 2340. The molecule has 0 bridgehead atoms. The van der Waals surface area contributed by atoms with Crippen LogP contribution >= 0.6 is 0 Å². The van der Waals surface area contributed by atoms with E-state index >= 15 is 0 Å². The van der Waals surface area contributed by atoms with Crippen molar-refractivity contribution in [2.75, 3.05) is 4.90 Å². The van der Waals surface area contributed by atoms with E-state index in [2.05, 4.69) is 157 Å². The number of ether oxygens (including phenoxy) is 2. The third-order valence-electron chi connectivity index (χ3n) is 13.2. The van der Waals surface area contributed by atoms with Gasteiger partial charge >= 0.3 is 0 Å². The first-order chi connectivity index (χ1) is 27.2. The van der Waals surface area contributed by atoms with Gasteiger partial charge in [0.2, 0.25) is 0 Å². The van der Waals surface area contributed by atoms with E-state index in [0.717, 1.165) is 62.9 Å². The van der Waals surface area contributed by atoms with Crippen molar-refractivity contribution in [3.63, 3.8) is 0 Å². The number of anilines is 1. The Labute approximate surface area is 325 Å². The standard InChI is InChI=1S/C52H47NO2/c1-2-9-34(10-3-1)35-17-25-40(26-18-35)53(42-29-21-37(22-30-42)43-13-8-16-49-51(43)45-11-4-6-14-47(45)54-49)41-27-19-36(20-28-41)38-23-31-44-39(33-38)24-32-50-52(44)46-12-5-7-15-48(46)55-50/h1-3,5,7-15,17,19-22,24-25,27-29,32-33,39,42,44,46,48-49H,4,6,16,18,23,26,30-31H2. The van der Waals surface area contributed by atoms with E-state index in [1.165, 1.54) is 61.5 Å². The van der Waals surface area contributed by atoms with E-state index in [4.69, 9.17) is 9.47 Å². The molecule has 0 N–H and O–H groups in total. The molecule has 2 aromatic carbocycles. The lowest BCUT2D eigenvalue weighted by atomic mass is 9.69. The lowest BCUT2D eigenvalue weighted by molar-refractivity contribution is 0.173. The van der Waals surface area contributed by atoms with Crippen LogP contribution in [0.15, 0.2) is 197 Å². The van der Waals surface area contributed by atoms with Gasteiger partial charge in [-0.25, -0.2) is 0 Å². The van der Waals surface area contributed by atoms with Crippen molar-refractivity contribution in [3.8, 4) is 0 Å². The first kappa shape index (κ1) is 32.9. The van der Waals surface area contributed by atoms with Crippen molar-refractivity contribution in [2.24, 2.45) is 17.8 Å². The molecular weight excluding hydrogens is 671 g/mol. The van der Waals surface area contributed by atoms with Crippen molar-refractivity contribution in [2.45, 2.75) is 69.6 Å². The van der Waals surface area contributed by atoms with Crippen molar-refractivity contribution in [1.82, 2.24) is 0 Å². The first-order valence-electron chi connectivity index (χ1n) is 20.6. The monoisotopic (exact) mass is 717 g/mol. The molecule has 2 aromatic rings. The van der Waals surface area contributed by atoms with Gasteiger partial charge in [-0.3, -0.25) is 0 Å². The minimum absolute atomic E-state index is 0.139. The summed E-state index contributed by atoms with van der Waals surface area (Å²) in [4.78, 5) is 2.61. The summed E-state index contributed by atoms with van der Waals surface area (Å²) < 4.78 is 12.8. The number of hydrogen-bond acceptors (Lipinski definition) is 3. The average molecular weight is 718 g/mol. The first-order valence-corrected chi connectivity index (χ1v) is 20.6. The van der Waals surface area contributed by atoms with Gasteiger partial charge in [-0.1, -0.05) is 115 Å². The van der Waals surface area contributed by atoms with Gasteiger partial charge in [0.15, 0.2) is 0 Å². The molecular formula is C52H47NO2. The third-order valence-corrected chi connectivity index (χ3v) is 13.2. The Hall–Kier alpha value is -5.54. The number of hydrogen-bond donors (Lipinski definition) is 0. The van der Waals surface area contributed by atoms with Gasteiger partial charge in [-0.15, -0.1) is 0 Å². The molecule has 1 fully saturated rings. The van der Waals surface area contributed by atoms with Crippen molar-refractivity contribution in [3.05, 3.63) is 208 Å². The van der Waals surface area contributed by atoms with Gasteiger partial charge < -0.3 is 14.4 Å². The summed E-state index contributed by atoms with van der Waals surface area (Å²) in [5, 5.41) is 0. The molecule has 3 nitrogen and oxygen atoms in total. The molecule has 55 heavy (non-hydrogen) atoms. The normalized spacial score (nSPS) is 29.7. The summed E-state index contributed by atoms with van der Waals surface area (Å²) in [6.45, 7) is 0. The topological polar surface area (TPSA) is 21.7 Å². The van der Waals surface area contributed by atoms with Crippen molar-refractivity contribution in [1.29, 1.82) is 0 Å². The zero-order valence-electron chi connectivity index (χ0n) is 31.3. The molecule has 2 heterocycles. The molecule has 9 aliphatic rings. The maximum absolute atomic E-state index is 6.43. The summed E-state index contributed by atoms with van der Waals surface area (Å²) in [7, 11) is 0. The van der Waals surface area contributed by atoms with Crippen LogP contribution in [-0.2, 0) is 9.47 Å². The SMILES string of the molecule is C1=CC2OC3=C(C2C=C1)C1CCC(c2ccc(N(C4=CC=C(c5ccccc5)CC4)C4C=CC(C5=C6C7=CCCC=C7OC6CC=C5)=CC4)cc2)=CC1C=C3. The highest BCUT2D eigenvalue weighted by molar-refractivity contribution is 5.73. The Balaban J connectivity index is 0.882. The second-order valence-electron chi connectivity index (χ2n) is 16.3. The van der Waals surface area contributed by atoms with Crippen LogP contribution in [0, 0.1) is 17.8 Å². The predicted molar refractivity (Wildman–Crippen MR) is 224 cm³/mol. The Morgan fingerprint density at radius 2 is 1.56 bits per heavy atom. The number of fused-ring (bicyclic) bond motifs is 7. The van der Waals surface area contributed by atoms with Gasteiger partial charge in [0, 0.05) is 40.8 Å². The number of nitrogens with zero attached hydrogens (tertiary/aromatic N) is 1. The number of rotatable bonds is 6. The van der Waals surface area contributed by atoms with E-state index < -0.39 is 0 Å². The second kappa shape index (κ2) is 13.6. The fourth-order valence-corrected chi connectivity index (χ4v) is 10.5. The molecule has 6 atom stereocenters. The van der Waals surface area contributed by atoms with Crippen LogP contribution in [0.3, 0.4) is 0 Å². The molecule has 0 saturated carbocycles. The summed E-state index contributed by atoms with van der Waals surface area (Å²) in [5.41, 5.74) is 15.1. The third kappa shape index (κ3) is 5.79. The molecule has 2 aliphatic heterocycles. The molecule has 0 aromatic heterocycles. The quantitative estimate of drug-likeness (QED) is 0.297. The Morgan fingerprint density at radius 3 is 2.42 bits per heavy atom. The van der Waals surface area contributed by atoms with E-state index in [9.17, 15) is 0 Å². The summed E-state index contributed by atoms with van der Waals surface area (Å²) >= 11 is 0. The largest absolute Gasteiger partial charge is 0.485 e. The van der Waals surface area contributed by atoms with E-state index in [0.29, 0.717) is 17.8 Å². The zero-order chi connectivity index (χ0) is 36.3. The van der Waals surface area contributed by atoms with Crippen LogP contribution in [0.2, 0.25) is 0 Å². The summed E-state index contributed by atoms with van der Waals surface area (Å²) in [6, 6.07) is 20.6. The van der Waals surface area contributed by atoms with Gasteiger partial charge in [0.25, 0.3) is 0 Å². The van der Waals surface area contributed by atoms with Gasteiger partial charge in [-0.2, -0.15) is 0 Å². The van der Waals surface area contributed by atoms with Crippen LogP contribution < -0.4 is 4.90 Å². The lowest BCUT2D eigenvalue weighted by Gasteiger charge is -2.37. The predicted octanol–water partition coefficient (Wildman–Crippen LogP) is 12.1. The van der Waals surface area contributed by atoms with Gasteiger partial charge in [0.05, 0.1) is 6.04 Å². The highest BCUT2D eigenvalue weighted by atomic mass is 16.5. The molecule has 0 radical (unpaired) electrons. The smallest absolute Gasteiger partial charge is 0.128 e. The molecule has 7 aliphatic carbocycles. The second-order valence-corrected chi connectivity index (χ2v) is 16.3. The minimum atomic E-state index is 0.139. The maximum atomic E-state index is 6.43. The van der Waals surface area contributed by atoms with E-state index in [-0.39, 0.29) is 18.2 Å². The van der Waals surface area contributed by atoms with Crippen molar-refractivity contribution >= 4 is 16.8 Å². The average Bonchev–Trinajstić information content (AvgIpc) is 3.84. The minimum Gasteiger partial charge on any atom is -0.485 e. The molecule has 0 amide bonds. The maximum Gasteiger partial charge on any atom is 0.128 e. The Morgan fingerprint density at radius 1 is 0.691 bits per heavy atom. The number of benzene rings is 2. The van der Waals surface area contributed by atoms with Crippen LogP contribution in [0.4, 0.5) is 5.69 Å². The van der Waals surface area contributed by atoms with Gasteiger partial charge in [-0.05, 0) is 126 Å². The molecule has 272 valence electrons. The van der Waals surface area contributed by atoms with Crippen LogP contribution in [-0.4, -0.2) is 18.2 Å². The van der Waals surface area contributed by atoms with Crippen LogP contribution in [0.1, 0.15) is 62.5 Å². The fraction of sp³-hybridized carbons (Fsp3) is 0.269. The fourth-order valence-electron chi connectivity index (χ4n) is 10.5. The summed E-state index contributed by atoms with van der Waals surface area (Å²) in [6.07, 6.45) is 46.1. The molecule has 0 spiro atoms. The lowest BCUT2D eigenvalue weighted by Crippen LogP contribution is -2.34. The van der Waals surface area contributed by atoms with Crippen molar-refractivity contribution < 1.29 is 9.47 Å². The molecule has 6 unspecified atom stereocenters. The van der Waals surface area contributed by atoms with E-state index in [1.807, 2.05) is 0 Å².